The molecule has 5 heteroatoms. The highest BCUT2D eigenvalue weighted by molar-refractivity contribution is 5.75. The van der Waals surface area contributed by atoms with E-state index in [2.05, 4.69) is 0 Å². The van der Waals surface area contributed by atoms with Gasteiger partial charge in [0.15, 0.2) is 0 Å². The standard InChI is InChI=1S/C14H19NO4/c1-9-7-11(17)8-15-13(9)12(19-14(15)18)6-4-3-5-10(2)16/h4,6-7,11-13,17H,3,5,8H2,1-2H3. The zero-order valence-corrected chi connectivity index (χ0v) is 11.2. The van der Waals surface area contributed by atoms with Crippen LogP contribution >= 0.6 is 0 Å². The number of hydrogen-bond acceptors (Lipinski definition) is 4. The van der Waals surface area contributed by atoms with Gasteiger partial charge in [-0.1, -0.05) is 12.2 Å². The maximum Gasteiger partial charge on any atom is 0.411 e. The first-order valence-electron chi connectivity index (χ1n) is 6.49. The first kappa shape index (κ1) is 13.8. The number of aliphatic hydroxyl groups is 1. The largest absolute Gasteiger partial charge is 0.439 e. The van der Waals surface area contributed by atoms with Crippen LogP contribution in [0.2, 0.25) is 0 Å². The molecule has 2 heterocycles. The summed E-state index contributed by atoms with van der Waals surface area (Å²) in [6.45, 7) is 3.72. The first-order valence-corrected chi connectivity index (χ1v) is 6.49. The van der Waals surface area contributed by atoms with Gasteiger partial charge >= 0.3 is 6.09 Å². The molecule has 2 aliphatic heterocycles. The van der Waals surface area contributed by atoms with Crippen LogP contribution in [0.3, 0.4) is 0 Å². The molecule has 3 unspecified atom stereocenters. The second-order valence-corrected chi connectivity index (χ2v) is 5.09. The number of allylic oxidation sites excluding steroid dienone is 1. The van der Waals surface area contributed by atoms with Crippen molar-refractivity contribution < 1.29 is 19.4 Å². The molecule has 0 aliphatic carbocycles. The van der Waals surface area contributed by atoms with E-state index in [9.17, 15) is 14.7 Å². The van der Waals surface area contributed by atoms with Gasteiger partial charge in [-0.05, 0) is 31.9 Å². The van der Waals surface area contributed by atoms with Gasteiger partial charge in [-0.2, -0.15) is 0 Å². The number of hydrogen-bond donors (Lipinski definition) is 1. The average molecular weight is 265 g/mol. The summed E-state index contributed by atoms with van der Waals surface area (Å²) in [4.78, 5) is 24.1. The van der Waals surface area contributed by atoms with E-state index < -0.39 is 12.2 Å². The van der Waals surface area contributed by atoms with Crippen molar-refractivity contribution in [1.29, 1.82) is 0 Å². The molecule has 0 aromatic heterocycles. The van der Waals surface area contributed by atoms with Gasteiger partial charge in [0.2, 0.25) is 0 Å². The van der Waals surface area contributed by atoms with Crippen LogP contribution in [0.5, 0.6) is 0 Å². The fourth-order valence-electron chi connectivity index (χ4n) is 2.55. The number of carbonyl (C=O) groups excluding carboxylic acids is 2. The van der Waals surface area contributed by atoms with E-state index in [1.165, 1.54) is 0 Å². The van der Waals surface area contributed by atoms with E-state index in [0.717, 1.165) is 5.57 Å². The Morgan fingerprint density at radius 1 is 1.63 bits per heavy atom. The molecule has 19 heavy (non-hydrogen) atoms. The van der Waals surface area contributed by atoms with E-state index in [0.29, 0.717) is 12.8 Å². The third-order valence-corrected chi connectivity index (χ3v) is 3.41. The van der Waals surface area contributed by atoms with Crippen molar-refractivity contribution in [2.75, 3.05) is 6.54 Å². The topological polar surface area (TPSA) is 66.8 Å². The van der Waals surface area contributed by atoms with Crippen molar-refractivity contribution in [3.63, 3.8) is 0 Å². The molecule has 2 aliphatic rings. The fraction of sp³-hybridized carbons (Fsp3) is 0.571. The lowest BCUT2D eigenvalue weighted by Gasteiger charge is -2.30. The minimum absolute atomic E-state index is 0.135. The van der Waals surface area contributed by atoms with Gasteiger partial charge in [0, 0.05) is 6.42 Å². The molecule has 104 valence electrons. The van der Waals surface area contributed by atoms with Crippen LogP contribution in [-0.2, 0) is 9.53 Å². The van der Waals surface area contributed by atoms with E-state index in [1.54, 1.807) is 17.9 Å². The molecule has 1 N–H and O–H groups in total. The van der Waals surface area contributed by atoms with Crippen LogP contribution in [0.4, 0.5) is 4.79 Å². The number of rotatable bonds is 4. The zero-order chi connectivity index (χ0) is 14.0. The quantitative estimate of drug-likeness (QED) is 0.781. The minimum atomic E-state index is -0.621. The highest BCUT2D eigenvalue weighted by Crippen LogP contribution is 2.30. The number of Topliss-reactive ketones (excluding diaryl/α,β-unsaturated/α-hetero) is 1. The highest BCUT2D eigenvalue weighted by atomic mass is 16.6. The SMILES string of the molecule is CC(=O)CCC=CC1OC(=O)N2CC(O)C=C(C)C12. The normalized spacial score (nSPS) is 30.3. The Bertz CT molecular complexity index is 441. The van der Waals surface area contributed by atoms with E-state index >= 15 is 0 Å². The predicted molar refractivity (Wildman–Crippen MR) is 69.6 cm³/mol. The lowest BCUT2D eigenvalue weighted by atomic mass is 9.96. The van der Waals surface area contributed by atoms with E-state index in [1.807, 2.05) is 19.1 Å². The maximum atomic E-state index is 11.7. The summed E-state index contributed by atoms with van der Waals surface area (Å²) in [5.74, 6) is 0.145. The molecular formula is C14H19NO4. The van der Waals surface area contributed by atoms with Crippen LogP contribution in [0.1, 0.15) is 26.7 Å². The van der Waals surface area contributed by atoms with Crippen LogP contribution < -0.4 is 0 Å². The summed E-state index contributed by atoms with van der Waals surface area (Å²) >= 11 is 0. The molecule has 1 fully saturated rings. The molecule has 0 radical (unpaired) electrons. The van der Waals surface area contributed by atoms with Crippen molar-refractivity contribution in [2.24, 2.45) is 0 Å². The number of carbonyl (C=O) groups is 2. The Morgan fingerprint density at radius 3 is 3.05 bits per heavy atom. The lowest BCUT2D eigenvalue weighted by molar-refractivity contribution is -0.116. The second-order valence-electron chi connectivity index (χ2n) is 5.09. The minimum Gasteiger partial charge on any atom is -0.439 e. The predicted octanol–water partition coefficient (Wildman–Crippen LogP) is 1.42. The van der Waals surface area contributed by atoms with Crippen molar-refractivity contribution in [3.8, 4) is 0 Å². The van der Waals surface area contributed by atoms with Crippen LogP contribution in [0.15, 0.2) is 23.8 Å². The van der Waals surface area contributed by atoms with E-state index in [4.69, 9.17) is 4.74 Å². The number of cyclic esters (lactones) is 1. The fourth-order valence-corrected chi connectivity index (χ4v) is 2.55. The first-order chi connectivity index (χ1) is 8.99. The van der Waals surface area contributed by atoms with Gasteiger partial charge in [0.1, 0.15) is 11.9 Å². The Morgan fingerprint density at radius 2 is 2.37 bits per heavy atom. The molecule has 0 aromatic carbocycles. The third-order valence-electron chi connectivity index (χ3n) is 3.41. The number of aliphatic hydroxyl groups excluding tert-OH is 1. The number of ether oxygens (including phenoxy) is 1. The summed E-state index contributed by atoms with van der Waals surface area (Å²) in [6, 6.07) is -0.135. The lowest BCUT2D eigenvalue weighted by Crippen LogP contribution is -2.45. The summed E-state index contributed by atoms with van der Waals surface area (Å²) in [6.07, 6.45) is 5.28. The van der Waals surface area contributed by atoms with Crippen LogP contribution in [-0.4, -0.2) is 46.7 Å². The number of ketones is 1. The molecule has 2 rings (SSSR count). The number of fused-ring (bicyclic) bond motifs is 1. The summed E-state index contributed by atoms with van der Waals surface area (Å²) in [7, 11) is 0. The zero-order valence-electron chi connectivity index (χ0n) is 11.2. The Balaban J connectivity index is 2.04. The van der Waals surface area contributed by atoms with Crippen molar-refractivity contribution in [3.05, 3.63) is 23.8 Å². The molecule has 0 spiro atoms. The monoisotopic (exact) mass is 265 g/mol. The average Bonchev–Trinajstić information content (AvgIpc) is 2.62. The Kier molecular flexibility index (Phi) is 4.04. The van der Waals surface area contributed by atoms with Gasteiger partial charge in [-0.15, -0.1) is 0 Å². The molecule has 1 saturated heterocycles. The van der Waals surface area contributed by atoms with Crippen LogP contribution in [0, 0.1) is 0 Å². The maximum absolute atomic E-state index is 11.7. The Labute approximate surface area is 112 Å². The summed E-state index contributed by atoms with van der Waals surface area (Å²) < 4.78 is 5.30. The van der Waals surface area contributed by atoms with Crippen LogP contribution in [0.25, 0.3) is 0 Å². The molecule has 3 atom stereocenters. The molecular weight excluding hydrogens is 246 g/mol. The molecule has 5 nitrogen and oxygen atoms in total. The van der Waals surface area contributed by atoms with Crippen molar-refractivity contribution >= 4 is 11.9 Å². The van der Waals surface area contributed by atoms with Gasteiger partial charge in [-0.25, -0.2) is 4.79 Å². The van der Waals surface area contributed by atoms with Crippen molar-refractivity contribution in [1.82, 2.24) is 4.90 Å². The van der Waals surface area contributed by atoms with Crippen molar-refractivity contribution in [2.45, 2.75) is 44.9 Å². The smallest absolute Gasteiger partial charge is 0.411 e. The molecule has 0 aromatic rings. The Hall–Kier alpha value is -1.62. The highest BCUT2D eigenvalue weighted by Gasteiger charge is 2.43. The molecule has 0 saturated carbocycles. The molecule has 0 bridgehead atoms. The van der Waals surface area contributed by atoms with Gasteiger partial charge < -0.3 is 14.6 Å². The van der Waals surface area contributed by atoms with E-state index in [-0.39, 0.29) is 24.5 Å². The summed E-state index contributed by atoms with van der Waals surface area (Å²) in [5, 5.41) is 9.62. The number of nitrogens with zero attached hydrogens (tertiary/aromatic N) is 1. The molecule has 1 amide bonds. The van der Waals surface area contributed by atoms with Gasteiger partial charge in [-0.3, -0.25) is 4.90 Å². The van der Waals surface area contributed by atoms with Gasteiger partial charge in [0.05, 0.1) is 18.7 Å². The summed E-state index contributed by atoms with van der Waals surface area (Å²) in [5.41, 5.74) is 0.936. The van der Waals surface area contributed by atoms with Gasteiger partial charge in [0.25, 0.3) is 0 Å². The number of amides is 1. The third kappa shape index (κ3) is 3.04. The second kappa shape index (κ2) is 5.57.